The van der Waals surface area contributed by atoms with Gasteiger partial charge in [-0.05, 0) is 45.2 Å². The van der Waals surface area contributed by atoms with Crippen LogP contribution in [-0.2, 0) is 4.74 Å². The van der Waals surface area contributed by atoms with Crippen LogP contribution >= 0.6 is 0 Å². The van der Waals surface area contributed by atoms with Crippen LogP contribution in [0.4, 0.5) is 0 Å². The Kier molecular flexibility index (Phi) is 4.62. The summed E-state index contributed by atoms with van der Waals surface area (Å²) in [5.74, 6) is 0.930. The van der Waals surface area contributed by atoms with E-state index in [1.165, 1.54) is 32.4 Å². The van der Waals surface area contributed by atoms with Crippen molar-refractivity contribution in [3.8, 4) is 0 Å². The lowest BCUT2D eigenvalue weighted by molar-refractivity contribution is 0.140. The molecule has 0 saturated carbocycles. The molecule has 2 aliphatic rings. The van der Waals surface area contributed by atoms with E-state index >= 15 is 0 Å². The van der Waals surface area contributed by atoms with Crippen molar-refractivity contribution in [1.82, 2.24) is 10.2 Å². The molecule has 2 rings (SSSR count). The molecule has 94 valence electrons. The normalized spacial score (nSPS) is 30.8. The van der Waals surface area contributed by atoms with Crippen LogP contribution in [0.2, 0.25) is 0 Å². The molecular weight excluding hydrogens is 200 g/mol. The Morgan fingerprint density at radius 1 is 1.31 bits per heavy atom. The van der Waals surface area contributed by atoms with Gasteiger partial charge in [0.15, 0.2) is 0 Å². The molecule has 0 aromatic carbocycles. The first-order valence-corrected chi connectivity index (χ1v) is 6.81. The van der Waals surface area contributed by atoms with Crippen molar-refractivity contribution in [2.45, 2.75) is 45.2 Å². The predicted molar refractivity (Wildman–Crippen MR) is 66.7 cm³/mol. The summed E-state index contributed by atoms with van der Waals surface area (Å²) in [4.78, 5) is 2.63. The first kappa shape index (κ1) is 12.3. The molecule has 0 amide bonds. The van der Waals surface area contributed by atoms with Gasteiger partial charge in [0.05, 0.1) is 6.61 Å². The molecule has 2 saturated heterocycles. The Morgan fingerprint density at radius 3 is 2.69 bits per heavy atom. The largest absolute Gasteiger partial charge is 0.380 e. The lowest BCUT2D eigenvalue weighted by Crippen LogP contribution is -2.46. The van der Waals surface area contributed by atoms with Gasteiger partial charge in [-0.2, -0.15) is 0 Å². The topological polar surface area (TPSA) is 24.5 Å². The third-order valence-corrected chi connectivity index (χ3v) is 4.07. The second-order valence-electron chi connectivity index (χ2n) is 5.54. The monoisotopic (exact) mass is 226 g/mol. The molecule has 0 aromatic rings. The van der Waals surface area contributed by atoms with Crippen LogP contribution < -0.4 is 5.32 Å². The first-order valence-electron chi connectivity index (χ1n) is 6.81. The molecule has 3 nitrogen and oxygen atoms in total. The molecule has 0 aromatic heterocycles. The highest BCUT2D eigenvalue weighted by Gasteiger charge is 2.21. The average Bonchev–Trinajstić information content (AvgIpc) is 2.80. The van der Waals surface area contributed by atoms with Crippen molar-refractivity contribution in [2.75, 3.05) is 32.8 Å². The Morgan fingerprint density at radius 2 is 2.06 bits per heavy atom. The van der Waals surface area contributed by atoms with Crippen LogP contribution in [0.25, 0.3) is 0 Å². The molecule has 2 aliphatic heterocycles. The molecule has 2 atom stereocenters. The zero-order valence-electron chi connectivity index (χ0n) is 10.7. The van der Waals surface area contributed by atoms with E-state index in [4.69, 9.17) is 4.74 Å². The molecule has 3 heteroatoms. The van der Waals surface area contributed by atoms with Crippen LogP contribution in [0, 0.1) is 5.92 Å². The molecule has 0 aliphatic carbocycles. The van der Waals surface area contributed by atoms with E-state index in [2.05, 4.69) is 24.1 Å². The minimum atomic E-state index is 0.603. The zero-order valence-corrected chi connectivity index (χ0v) is 10.7. The van der Waals surface area contributed by atoms with Gasteiger partial charge < -0.3 is 10.1 Å². The van der Waals surface area contributed by atoms with E-state index in [1.807, 2.05) is 0 Å². The summed E-state index contributed by atoms with van der Waals surface area (Å²) < 4.78 is 5.37. The van der Waals surface area contributed by atoms with Gasteiger partial charge in [-0.3, -0.25) is 4.90 Å². The summed E-state index contributed by atoms with van der Waals surface area (Å²) in [5.41, 5.74) is 0. The number of nitrogens with one attached hydrogen (secondary N) is 1. The maximum Gasteiger partial charge on any atom is 0.0620 e. The van der Waals surface area contributed by atoms with Crippen LogP contribution in [0.1, 0.15) is 33.1 Å². The minimum absolute atomic E-state index is 0.603. The lowest BCUT2D eigenvalue weighted by atomic mass is 9.98. The van der Waals surface area contributed by atoms with Crippen molar-refractivity contribution in [1.29, 1.82) is 0 Å². The summed E-state index contributed by atoms with van der Waals surface area (Å²) in [6, 6.07) is 1.28. The molecule has 2 fully saturated rings. The first-order chi connectivity index (χ1) is 7.75. The third-order valence-electron chi connectivity index (χ3n) is 4.07. The van der Waals surface area contributed by atoms with Gasteiger partial charge in [0.25, 0.3) is 0 Å². The van der Waals surface area contributed by atoms with Gasteiger partial charge >= 0.3 is 0 Å². The number of hydrogen-bond donors (Lipinski definition) is 1. The van der Waals surface area contributed by atoms with Crippen LogP contribution in [-0.4, -0.2) is 49.8 Å². The Balaban J connectivity index is 1.64. The van der Waals surface area contributed by atoms with Gasteiger partial charge in [-0.25, -0.2) is 0 Å². The molecule has 0 bridgehead atoms. The number of hydrogen-bond acceptors (Lipinski definition) is 3. The zero-order chi connectivity index (χ0) is 11.4. The fraction of sp³-hybridized carbons (Fsp3) is 1.00. The predicted octanol–water partition coefficient (Wildman–Crippen LogP) is 1.49. The van der Waals surface area contributed by atoms with Gasteiger partial charge in [0.2, 0.25) is 0 Å². The van der Waals surface area contributed by atoms with E-state index in [9.17, 15) is 0 Å². The average molecular weight is 226 g/mol. The van der Waals surface area contributed by atoms with Crippen molar-refractivity contribution in [3.63, 3.8) is 0 Å². The van der Waals surface area contributed by atoms with E-state index in [0.717, 1.165) is 25.7 Å². The lowest BCUT2D eigenvalue weighted by Gasteiger charge is -2.35. The molecular formula is C13H26N2O. The molecule has 2 heterocycles. The molecule has 16 heavy (non-hydrogen) atoms. The molecule has 0 spiro atoms. The van der Waals surface area contributed by atoms with Crippen LogP contribution in [0.3, 0.4) is 0 Å². The van der Waals surface area contributed by atoms with Crippen molar-refractivity contribution >= 4 is 0 Å². The van der Waals surface area contributed by atoms with E-state index in [1.54, 1.807) is 0 Å². The molecule has 2 unspecified atom stereocenters. The highest BCUT2D eigenvalue weighted by Crippen LogP contribution is 2.17. The van der Waals surface area contributed by atoms with E-state index in [-0.39, 0.29) is 0 Å². The highest BCUT2D eigenvalue weighted by atomic mass is 16.5. The maximum atomic E-state index is 5.37. The second kappa shape index (κ2) is 5.99. The summed E-state index contributed by atoms with van der Waals surface area (Å²) in [5, 5.41) is 3.62. The van der Waals surface area contributed by atoms with Crippen LogP contribution in [0.5, 0.6) is 0 Å². The molecule has 1 N–H and O–H groups in total. The fourth-order valence-electron chi connectivity index (χ4n) is 2.63. The van der Waals surface area contributed by atoms with Gasteiger partial charge in [0.1, 0.15) is 0 Å². The standard InChI is InChI=1S/C13H26N2O/c1-11-3-6-15(7-4-11)12(2)9-14-13-5-8-16-10-13/h11-14H,3-10H2,1-2H3. The second-order valence-corrected chi connectivity index (χ2v) is 5.54. The Labute approximate surface area is 99.5 Å². The fourth-order valence-corrected chi connectivity index (χ4v) is 2.63. The summed E-state index contributed by atoms with van der Waals surface area (Å²) >= 11 is 0. The number of ether oxygens (including phenoxy) is 1. The summed E-state index contributed by atoms with van der Waals surface area (Å²) in [6.07, 6.45) is 3.93. The Hall–Kier alpha value is -0.120. The van der Waals surface area contributed by atoms with Gasteiger partial charge in [-0.1, -0.05) is 6.92 Å². The quantitative estimate of drug-likeness (QED) is 0.786. The third kappa shape index (κ3) is 3.44. The minimum Gasteiger partial charge on any atom is -0.380 e. The maximum absolute atomic E-state index is 5.37. The highest BCUT2D eigenvalue weighted by molar-refractivity contribution is 4.78. The van der Waals surface area contributed by atoms with Crippen molar-refractivity contribution in [3.05, 3.63) is 0 Å². The number of piperidine rings is 1. The smallest absolute Gasteiger partial charge is 0.0620 e. The SMILES string of the molecule is CC1CCN(C(C)CNC2CCOC2)CC1. The summed E-state index contributed by atoms with van der Waals surface area (Å²) in [7, 11) is 0. The Bertz CT molecular complexity index is 196. The number of likely N-dealkylation sites (tertiary alicyclic amines) is 1. The van der Waals surface area contributed by atoms with Crippen molar-refractivity contribution in [2.24, 2.45) is 5.92 Å². The van der Waals surface area contributed by atoms with Crippen LogP contribution in [0.15, 0.2) is 0 Å². The number of nitrogens with zero attached hydrogens (tertiary/aromatic N) is 1. The summed E-state index contributed by atoms with van der Waals surface area (Å²) in [6.45, 7) is 10.2. The number of rotatable bonds is 4. The molecule has 0 radical (unpaired) electrons. The van der Waals surface area contributed by atoms with Gasteiger partial charge in [-0.15, -0.1) is 0 Å². The van der Waals surface area contributed by atoms with Gasteiger partial charge in [0, 0.05) is 25.2 Å². The van der Waals surface area contributed by atoms with E-state index in [0.29, 0.717) is 12.1 Å². The van der Waals surface area contributed by atoms with Crippen molar-refractivity contribution < 1.29 is 4.74 Å². The van der Waals surface area contributed by atoms with E-state index < -0.39 is 0 Å².